The second kappa shape index (κ2) is 3.98. The van der Waals surface area contributed by atoms with Crippen molar-refractivity contribution in [2.24, 2.45) is 0 Å². The summed E-state index contributed by atoms with van der Waals surface area (Å²) in [6, 6.07) is 3.33. The van der Waals surface area contributed by atoms with Crippen molar-refractivity contribution in [2.75, 3.05) is 0 Å². The van der Waals surface area contributed by atoms with Gasteiger partial charge in [0.15, 0.2) is 0 Å². The van der Waals surface area contributed by atoms with Crippen molar-refractivity contribution in [1.82, 2.24) is 0 Å². The van der Waals surface area contributed by atoms with Crippen LogP contribution < -0.4 is 0 Å². The van der Waals surface area contributed by atoms with Crippen LogP contribution in [0.15, 0.2) is 18.2 Å². The van der Waals surface area contributed by atoms with Crippen molar-refractivity contribution < 1.29 is 18.3 Å². The van der Waals surface area contributed by atoms with Crippen molar-refractivity contribution in [3.05, 3.63) is 28.8 Å². The van der Waals surface area contributed by atoms with Crippen LogP contribution in [0.5, 0.6) is 5.75 Å². The van der Waals surface area contributed by atoms with Gasteiger partial charge in [0.05, 0.1) is 0 Å². The van der Waals surface area contributed by atoms with Crippen LogP contribution in [0, 0.1) is 0 Å². The number of rotatable bonds is 1. The minimum atomic E-state index is -4.41. The summed E-state index contributed by atoms with van der Waals surface area (Å²) >= 11 is 7.98. The van der Waals surface area contributed by atoms with Crippen molar-refractivity contribution in [1.29, 1.82) is 0 Å². The summed E-state index contributed by atoms with van der Waals surface area (Å²) < 4.78 is 36.7. The number of phenols is 1. The highest BCUT2D eigenvalue weighted by Gasteiger charge is 2.39. The molecule has 6 heteroatoms. The van der Waals surface area contributed by atoms with E-state index in [1.165, 1.54) is 6.07 Å². The van der Waals surface area contributed by atoms with Crippen molar-refractivity contribution >= 4 is 27.5 Å². The first-order valence-electron chi connectivity index (χ1n) is 3.51. The third kappa shape index (κ3) is 2.78. The van der Waals surface area contributed by atoms with Gasteiger partial charge in [-0.3, -0.25) is 0 Å². The summed E-state index contributed by atoms with van der Waals surface area (Å²) in [5.41, 5.74) is -0.123. The van der Waals surface area contributed by atoms with Gasteiger partial charge in [-0.1, -0.05) is 27.5 Å². The maximum absolute atomic E-state index is 12.2. The van der Waals surface area contributed by atoms with Gasteiger partial charge in [-0.05, 0) is 23.8 Å². The van der Waals surface area contributed by atoms with E-state index < -0.39 is 11.0 Å². The highest BCUT2D eigenvalue weighted by Crippen LogP contribution is 2.41. The van der Waals surface area contributed by atoms with E-state index in [2.05, 4.69) is 15.9 Å². The lowest BCUT2D eigenvalue weighted by Crippen LogP contribution is -2.15. The van der Waals surface area contributed by atoms with E-state index in [9.17, 15) is 13.2 Å². The summed E-state index contributed by atoms with van der Waals surface area (Å²) in [5.74, 6) is -0.291. The quantitative estimate of drug-likeness (QED) is 0.774. The predicted molar refractivity (Wildman–Crippen MR) is 50.8 cm³/mol. The van der Waals surface area contributed by atoms with Gasteiger partial charge in [0.1, 0.15) is 10.6 Å². The Morgan fingerprint density at radius 1 is 1.29 bits per heavy atom. The number of alkyl halides is 4. The monoisotopic (exact) mass is 288 g/mol. The summed E-state index contributed by atoms with van der Waals surface area (Å²) in [5, 5.41) is 9.10. The summed E-state index contributed by atoms with van der Waals surface area (Å²) in [4.78, 5) is -1.82. The molecule has 0 bridgehead atoms. The molecule has 1 rings (SSSR count). The van der Waals surface area contributed by atoms with Gasteiger partial charge in [0.25, 0.3) is 0 Å². The SMILES string of the molecule is Oc1cc(Cl)cc(C(Br)C(F)(F)F)c1. The van der Waals surface area contributed by atoms with Gasteiger partial charge < -0.3 is 5.11 Å². The lowest BCUT2D eigenvalue weighted by Gasteiger charge is -2.14. The Hall–Kier alpha value is -0.420. The maximum atomic E-state index is 12.2. The molecule has 1 N–H and O–H groups in total. The molecule has 0 amide bonds. The molecule has 0 aliphatic heterocycles. The lowest BCUT2D eigenvalue weighted by atomic mass is 10.1. The van der Waals surface area contributed by atoms with Gasteiger partial charge in [-0.15, -0.1) is 0 Å². The van der Waals surface area contributed by atoms with Gasteiger partial charge in [-0.2, -0.15) is 13.2 Å². The topological polar surface area (TPSA) is 20.2 Å². The van der Waals surface area contributed by atoms with Crippen LogP contribution in [0.3, 0.4) is 0 Å². The van der Waals surface area contributed by atoms with Crippen LogP contribution in [0.4, 0.5) is 13.2 Å². The van der Waals surface area contributed by atoms with Crippen molar-refractivity contribution in [2.45, 2.75) is 11.0 Å². The van der Waals surface area contributed by atoms with E-state index in [1.807, 2.05) is 0 Å². The minimum absolute atomic E-state index is 0.0636. The number of hydrogen-bond acceptors (Lipinski definition) is 1. The molecule has 0 saturated carbocycles. The first kappa shape index (κ1) is 11.7. The molecular formula is C8H5BrClF3O. The number of benzene rings is 1. The normalized spacial score (nSPS) is 14.1. The van der Waals surface area contributed by atoms with Crippen molar-refractivity contribution in [3.63, 3.8) is 0 Å². The third-order valence-electron chi connectivity index (χ3n) is 1.48. The van der Waals surface area contributed by atoms with Crippen LogP contribution in [-0.4, -0.2) is 11.3 Å². The summed E-state index contributed by atoms with van der Waals surface area (Å²) in [6.07, 6.45) is -4.41. The zero-order chi connectivity index (χ0) is 10.9. The van der Waals surface area contributed by atoms with Crippen LogP contribution in [0.2, 0.25) is 5.02 Å². The number of hydrogen-bond donors (Lipinski definition) is 1. The molecule has 14 heavy (non-hydrogen) atoms. The van der Waals surface area contributed by atoms with E-state index >= 15 is 0 Å². The van der Waals surface area contributed by atoms with E-state index in [0.29, 0.717) is 0 Å². The second-order valence-electron chi connectivity index (χ2n) is 2.65. The van der Waals surface area contributed by atoms with Crippen LogP contribution >= 0.6 is 27.5 Å². The largest absolute Gasteiger partial charge is 0.508 e. The Balaban J connectivity index is 3.07. The Kier molecular flexibility index (Phi) is 3.32. The van der Waals surface area contributed by atoms with Gasteiger partial charge >= 0.3 is 6.18 Å². The Bertz CT molecular complexity index is 320. The molecule has 0 aromatic heterocycles. The smallest absolute Gasteiger partial charge is 0.405 e. The fraction of sp³-hybridized carbons (Fsp3) is 0.250. The molecule has 0 heterocycles. The third-order valence-corrected chi connectivity index (χ3v) is 2.75. The summed E-state index contributed by atoms with van der Waals surface area (Å²) in [6.45, 7) is 0. The maximum Gasteiger partial charge on any atom is 0.405 e. The molecular weight excluding hydrogens is 284 g/mol. The molecule has 0 radical (unpaired) electrons. The molecule has 0 spiro atoms. The standard InChI is InChI=1S/C8H5BrClF3O/c9-7(8(11,12)13)4-1-5(10)3-6(14)2-4/h1-3,7,14H. The van der Waals surface area contributed by atoms with Gasteiger partial charge in [0, 0.05) is 5.02 Å². The van der Waals surface area contributed by atoms with Gasteiger partial charge in [0.2, 0.25) is 0 Å². The first-order valence-corrected chi connectivity index (χ1v) is 4.80. The molecule has 0 aliphatic rings. The number of aromatic hydroxyl groups is 1. The molecule has 1 aromatic carbocycles. The number of phenolic OH excluding ortho intramolecular Hbond substituents is 1. The fourth-order valence-corrected chi connectivity index (χ4v) is 1.43. The molecule has 1 unspecified atom stereocenters. The minimum Gasteiger partial charge on any atom is -0.508 e. The highest BCUT2D eigenvalue weighted by molar-refractivity contribution is 9.09. The second-order valence-corrected chi connectivity index (χ2v) is 4.00. The lowest BCUT2D eigenvalue weighted by molar-refractivity contribution is -0.128. The van der Waals surface area contributed by atoms with Crippen LogP contribution in [-0.2, 0) is 0 Å². The highest BCUT2D eigenvalue weighted by atomic mass is 79.9. The van der Waals surface area contributed by atoms with Crippen LogP contribution in [0.1, 0.15) is 10.4 Å². The molecule has 1 nitrogen and oxygen atoms in total. The Morgan fingerprint density at radius 3 is 2.29 bits per heavy atom. The molecule has 1 aromatic rings. The Labute approximate surface area is 91.6 Å². The Morgan fingerprint density at radius 2 is 1.86 bits per heavy atom. The molecule has 0 fully saturated rings. The molecule has 1 atom stereocenters. The predicted octanol–water partition coefficient (Wildman–Crippen LogP) is 4.04. The van der Waals surface area contributed by atoms with E-state index in [0.717, 1.165) is 12.1 Å². The first-order chi connectivity index (χ1) is 6.30. The van der Waals surface area contributed by atoms with Crippen molar-refractivity contribution in [3.8, 4) is 5.75 Å². The molecule has 0 aliphatic carbocycles. The zero-order valence-corrected chi connectivity index (χ0v) is 8.99. The van der Waals surface area contributed by atoms with Gasteiger partial charge in [-0.25, -0.2) is 0 Å². The number of halogens is 5. The fourth-order valence-electron chi connectivity index (χ4n) is 0.932. The van der Waals surface area contributed by atoms with E-state index in [1.54, 1.807) is 0 Å². The zero-order valence-electron chi connectivity index (χ0n) is 6.65. The average Bonchev–Trinajstić information content (AvgIpc) is 1.99. The molecule has 0 saturated heterocycles. The van der Waals surface area contributed by atoms with E-state index in [4.69, 9.17) is 16.7 Å². The average molecular weight is 289 g/mol. The molecule has 78 valence electrons. The van der Waals surface area contributed by atoms with Crippen LogP contribution in [0.25, 0.3) is 0 Å². The van der Waals surface area contributed by atoms with E-state index in [-0.39, 0.29) is 16.3 Å². The summed E-state index contributed by atoms with van der Waals surface area (Å²) in [7, 11) is 0.